The molecule has 2 amide bonds. The van der Waals surface area contributed by atoms with Crippen LogP contribution in [0, 0.1) is 6.92 Å². The van der Waals surface area contributed by atoms with E-state index in [0.717, 1.165) is 24.3 Å². The minimum absolute atomic E-state index is 0.0608. The lowest BCUT2D eigenvalue weighted by Gasteiger charge is -2.22. The standard InChI is InChI=1S/C16H25N3O2/c1-6-19(7-2)13-8-9-14(12(5)10-13)18-16(21)15(20)17-11(3)4/h8-11H,6-7H2,1-5H3,(H,17,20)(H,18,21). The third-order valence-electron chi connectivity index (χ3n) is 3.21. The summed E-state index contributed by atoms with van der Waals surface area (Å²) >= 11 is 0. The van der Waals surface area contributed by atoms with Crippen molar-refractivity contribution < 1.29 is 9.59 Å². The number of carbonyl (C=O) groups excluding carboxylic acids is 2. The predicted molar refractivity (Wildman–Crippen MR) is 86.6 cm³/mol. The molecule has 0 saturated carbocycles. The van der Waals surface area contributed by atoms with E-state index in [-0.39, 0.29) is 6.04 Å². The Balaban J connectivity index is 2.81. The fourth-order valence-electron chi connectivity index (χ4n) is 2.08. The van der Waals surface area contributed by atoms with Crippen LogP contribution in [-0.4, -0.2) is 30.9 Å². The van der Waals surface area contributed by atoms with Gasteiger partial charge in [0, 0.05) is 30.5 Å². The van der Waals surface area contributed by atoms with Crippen molar-refractivity contribution in [1.82, 2.24) is 5.32 Å². The first-order valence-corrected chi connectivity index (χ1v) is 7.36. The van der Waals surface area contributed by atoms with Crippen LogP contribution in [0.5, 0.6) is 0 Å². The molecule has 21 heavy (non-hydrogen) atoms. The minimum atomic E-state index is -0.637. The van der Waals surface area contributed by atoms with E-state index in [4.69, 9.17) is 0 Å². The third kappa shape index (κ3) is 4.77. The molecule has 1 rings (SSSR count). The Hall–Kier alpha value is -2.04. The largest absolute Gasteiger partial charge is 0.372 e. The molecule has 2 N–H and O–H groups in total. The van der Waals surface area contributed by atoms with E-state index in [1.165, 1.54) is 0 Å². The Morgan fingerprint density at radius 1 is 1.14 bits per heavy atom. The Labute approximate surface area is 126 Å². The fourth-order valence-corrected chi connectivity index (χ4v) is 2.08. The molecule has 0 radical (unpaired) electrons. The first-order valence-electron chi connectivity index (χ1n) is 7.36. The number of carbonyl (C=O) groups is 2. The molecule has 0 aromatic heterocycles. The molecule has 0 unspecified atom stereocenters. The average Bonchev–Trinajstić information content (AvgIpc) is 2.42. The van der Waals surface area contributed by atoms with Crippen molar-refractivity contribution in [1.29, 1.82) is 0 Å². The number of amides is 2. The Bertz CT molecular complexity index is 508. The third-order valence-corrected chi connectivity index (χ3v) is 3.21. The van der Waals surface area contributed by atoms with Gasteiger partial charge in [0.1, 0.15) is 0 Å². The molecular weight excluding hydrogens is 266 g/mol. The van der Waals surface area contributed by atoms with Gasteiger partial charge in [0.15, 0.2) is 0 Å². The second kappa shape index (κ2) is 7.67. The van der Waals surface area contributed by atoms with Gasteiger partial charge in [0.2, 0.25) is 0 Å². The molecule has 5 nitrogen and oxygen atoms in total. The number of rotatable bonds is 5. The van der Waals surface area contributed by atoms with Crippen molar-refractivity contribution in [3.63, 3.8) is 0 Å². The van der Waals surface area contributed by atoms with Gasteiger partial charge in [-0.3, -0.25) is 9.59 Å². The zero-order chi connectivity index (χ0) is 16.0. The van der Waals surface area contributed by atoms with Gasteiger partial charge in [0.25, 0.3) is 0 Å². The summed E-state index contributed by atoms with van der Waals surface area (Å²) in [5.41, 5.74) is 2.71. The molecule has 116 valence electrons. The summed E-state index contributed by atoms with van der Waals surface area (Å²) < 4.78 is 0. The maximum Gasteiger partial charge on any atom is 0.313 e. The zero-order valence-electron chi connectivity index (χ0n) is 13.5. The van der Waals surface area contributed by atoms with Gasteiger partial charge in [-0.25, -0.2) is 0 Å². The van der Waals surface area contributed by atoms with Crippen LogP contribution < -0.4 is 15.5 Å². The second-order valence-electron chi connectivity index (χ2n) is 5.25. The van der Waals surface area contributed by atoms with Crippen LogP contribution in [0.4, 0.5) is 11.4 Å². The number of nitrogens with zero attached hydrogens (tertiary/aromatic N) is 1. The van der Waals surface area contributed by atoms with Gasteiger partial charge in [0.05, 0.1) is 0 Å². The smallest absolute Gasteiger partial charge is 0.313 e. The molecule has 0 heterocycles. The van der Waals surface area contributed by atoms with Crippen LogP contribution in [0.1, 0.15) is 33.3 Å². The maximum atomic E-state index is 11.8. The van der Waals surface area contributed by atoms with Crippen molar-refractivity contribution in [2.24, 2.45) is 0 Å². The lowest BCUT2D eigenvalue weighted by atomic mass is 10.1. The summed E-state index contributed by atoms with van der Waals surface area (Å²) in [4.78, 5) is 25.6. The molecule has 1 aromatic rings. The molecule has 5 heteroatoms. The van der Waals surface area contributed by atoms with Crippen molar-refractivity contribution in [2.75, 3.05) is 23.3 Å². The molecule has 0 atom stereocenters. The number of hydrogen-bond donors (Lipinski definition) is 2. The van der Waals surface area contributed by atoms with E-state index < -0.39 is 11.8 Å². The summed E-state index contributed by atoms with van der Waals surface area (Å²) in [5.74, 6) is -1.25. The van der Waals surface area contributed by atoms with E-state index in [2.05, 4.69) is 29.4 Å². The molecule has 0 bridgehead atoms. The number of hydrogen-bond acceptors (Lipinski definition) is 3. The summed E-state index contributed by atoms with van der Waals surface area (Å²) in [6, 6.07) is 5.75. The van der Waals surface area contributed by atoms with Crippen LogP contribution in [0.3, 0.4) is 0 Å². The maximum absolute atomic E-state index is 11.8. The molecule has 0 fully saturated rings. The molecule has 0 aliphatic heterocycles. The van der Waals surface area contributed by atoms with Crippen molar-refractivity contribution >= 4 is 23.2 Å². The fraction of sp³-hybridized carbons (Fsp3) is 0.500. The predicted octanol–water partition coefficient (Wildman–Crippen LogP) is 2.30. The topological polar surface area (TPSA) is 61.4 Å². The monoisotopic (exact) mass is 291 g/mol. The van der Waals surface area contributed by atoms with E-state index in [9.17, 15) is 9.59 Å². The number of aryl methyl sites for hydroxylation is 1. The SMILES string of the molecule is CCN(CC)c1ccc(NC(=O)C(=O)NC(C)C)c(C)c1. The van der Waals surface area contributed by atoms with E-state index >= 15 is 0 Å². The van der Waals surface area contributed by atoms with Crippen LogP contribution >= 0.6 is 0 Å². The van der Waals surface area contributed by atoms with Crippen molar-refractivity contribution in [3.05, 3.63) is 23.8 Å². The van der Waals surface area contributed by atoms with Gasteiger partial charge in [-0.05, 0) is 58.4 Å². The number of benzene rings is 1. The van der Waals surface area contributed by atoms with Gasteiger partial charge in [-0.1, -0.05) is 0 Å². The quantitative estimate of drug-likeness (QED) is 0.818. The minimum Gasteiger partial charge on any atom is -0.372 e. The first kappa shape index (κ1) is 17.0. The van der Waals surface area contributed by atoms with E-state index in [1.54, 1.807) is 0 Å². The number of anilines is 2. The molecule has 0 aliphatic carbocycles. The Morgan fingerprint density at radius 2 is 1.76 bits per heavy atom. The zero-order valence-corrected chi connectivity index (χ0v) is 13.5. The van der Waals surface area contributed by atoms with Crippen molar-refractivity contribution in [2.45, 2.75) is 40.7 Å². The van der Waals surface area contributed by atoms with Gasteiger partial charge in [-0.15, -0.1) is 0 Å². The summed E-state index contributed by atoms with van der Waals surface area (Å²) in [6.45, 7) is 11.6. The summed E-state index contributed by atoms with van der Waals surface area (Å²) in [5, 5.41) is 5.22. The highest BCUT2D eigenvalue weighted by Gasteiger charge is 2.15. The highest BCUT2D eigenvalue weighted by molar-refractivity contribution is 6.39. The second-order valence-corrected chi connectivity index (χ2v) is 5.25. The van der Waals surface area contributed by atoms with Gasteiger partial charge in [-0.2, -0.15) is 0 Å². The molecular formula is C16H25N3O2. The molecule has 0 aliphatic rings. The molecule has 1 aromatic carbocycles. The van der Waals surface area contributed by atoms with Crippen LogP contribution in [0.2, 0.25) is 0 Å². The summed E-state index contributed by atoms with van der Waals surface area (Å²) in [6.07, 6.45) is 0. The Morgan fingerprint density at radius 3 is 2.24 bits per heavy atom. The van der Waals surface area contributed by atoms with Crippen LogP contribution in [0.25, 0.3) is 0 Å². The average molecular weight is 291 g/mol. The first-order chi connectivity index (χ1) is 9.88. The van der Waals surface area contributed by atoms with Crippen molar-refractivity contribution in [3.8, 4) is 0 Å². The molecule has 0 saturated heterocycles. The van der Waals surface area contributed by atoms with E-state index in [1.807, 2.05) is 39.0 Å². The van der Waals surface area contributed by atoms with Gasteiger partial charge >= 0.3 is 11.8 Å². The van der Waals surface area contributed by atoms with Gasteiger partial charge < -0.3 is 15.5 Å². The molecule has 0 spiro atoms. The lowest BCUT2D eigenvalue weighted by molar-refractivity contribution is -0.136. The summed E-state index contributed by atoms with van der Waals surface area (Å²) in [7, 11) is 0. The normalized spacial score (nSPS) is 10.4. The lowest BCUT2D eigenvalue weighted by Crippen LogP contribution is -2.39. The number of nitrogens with one attached hydrogen (secondary N) is 2. The highest BCUT2D eigenvalue weighted by Crippen LogP contribution is 2.22. The van der Waals surface area contributed by atoms with Crippen LogP contribution in [0.15, 0.2) is 18.2 Å². The highest BCUT2D eigenvalue weighted by atomic mass is 16.2. The van der Waals surface area contributed by atoms with E-state index in [0.29, 0.717) is 5.69 Å². The van der Waals surface area contributed by atoms with Crippen LogP contribution in [-0.2, 0) is 9.59 Å². The Kier molecular flexibility index (Phi) is 6.21.